The van der Waals surface area contributed by atoms with Gasteiger partial charge in [0.15, 0.2) is 0 Å². The first-order valence-corrected chi connectivity index (χ1v) is 10.8. The lowest BCUT2D eigenvalue weighted by molar-refractivity contribution is -0.158. The molecule has 0 radical (unpaired) electrons. The second kappa shape index (κ2) is 11.3. The monoisotopic (exact) mass is 420 g/mol. The summed E-state index contributed by atoms with van der Waals surface area (Å²) in [5, 5.41) is 2.66. The van der Waals surface area contributed by atoms with Crippen molar-refractivity contribution in [2.24, 2.45) is 11.8 Å². The van der Waals surface area contributed by atoms with E-state index in [9.17, 15) is 9.59 Å². The molecule has 0 aliphatic heterocycles. The van der Waals surface area contributed by atoms with Crippen LogP contribution in [0.4, 0.5) is 4.79 Å². The van der Waals surface area contributed by atoms with Crippen molar-refractivity contribution >= 4 is 12.1 Å². The molecule has 1 aromatic carbocycles. The molecule has 0 bridgehead atoms. The highest BCUT2D eigenvalue weighted by molar-refractivity contribution is 5.82. The average Bonchev–Trinajstić information content (AvgIpc) is 2.58. The van der Waals surface area contributed by atoms with E-state index in [0.29, 0.717) is 17.6 Å². The lowest BCUT2D eigenvalue weighted by atomic mass is 9.85. The van der Waals surface area contributed by atoms with Gasteiger partial charge in [-0.1, -0.05) is 39.8 Å². The lowest BCUT2D eigenvalue weighted by Crippen LogP contribution is -2.48. The van der Waals surface area contributed by atoms with E-state index in [1.807, 2.05) is 26.0 Å². The van der Waals surface area contributed by atoms with E-state index in [4.69, 9.17) is 9.47 Å². The third-order valence-electron chi connectivity index (χ3n) is 4.88. The van der Waals surface area contributed by atoms with Gasteiger partial charge in [-0.15, -0.1) is 0 Å². The van der Waals surface area contributed by atoms with Crippen LogP contribution >= 0.6 is 0 Å². The van der Waals surface area contributed by atoms with Crippen molar-refractivity contribution < 1.29 is 19.1 Å². The van der Waals surface area contributed by atoms with Gasteiger partial charge in [0.1, 0.15) is 17.4 Å². The molecule has 1 amide bonds. The topological polar surface area (TPSA) is 67.9 Å². The highest BCUT2D eigenvalue weighted by Crippen LogP contribution is 2.30. The molecule has 170 valence electrons. The second-order valence-corrected chi connectivity index (χ2v) is 9.62. The summed E-state index contributed by atoms with van der Waals surface area (Å²) in [6, 6.07) is 6.87. The summed E-state index contributed by atoms with van der Waals surface area (Å²) in [5.74, 6) is 0.699. The van der Waals surface area contributed by atoms with E-state index in [2.05, 4.69) is 44.2 Å². The van der Waals surface area contributed by atoms with Gasteiger partial charge in [-0.3, -0.25) is 0 Å². The normalized spacial score (nSPS) is 14.9. The molecule has 0 aliphatic rings. The Morgan fingerprint density at radius 3 is 2.27 bits per heavy atom. The molecule has 0 saturated heterocycles. The number of nitrogens with zero attached hydrogens (tertiary/aromatic N) is 1. The molecule has 1 N–H and O–H groups in total. The minimum Gasteiger partial charge on any atom is -0.458 e. The number of hydrogen-bond donors (Lipinski definition) is 1. The predicted octanol–water partition coefficient (Wildman–Crippen LogP) is 4.83. The van der Waals surface area contributed by atoms with Gasteiger partial charge in [0, 0.05) is 6.54 Å². The zero-order valence-corrected chi connectivity index (χ0v) is 20.1. The number of amides is 1. The van der Waals surface area contributed by atoms with Crippen molar-refractivity contribution in [1.29, 1.82) is 0 Å². The van der Waals surface area contributed by atoms with Crippen LogP contribution in [-0.2, 0) is 9.53 Å². The summed E-state index contributed by atoms with van der Waals surface area (Å²) in [6.45, 7) is 14.5. The van der Waals surface area contributed by atoms with Crippen molar-refractivity contribution in [2.45, 2.75) is 72.4 Å². The van der Waals surface area contributed by atoms with E-state index in [0.717, 1.165) is 18.5 Å². The molecule has 1 aromatic rings. The Bertz CT molecular complexity index is 695. The summed E-state index contributed by atoms with van der Waals surface area (Å²) in [5.41, 5.74) is 0.521. The first-order chi connectivity index (χ1) is 13.8. The van der Waals surface area contributed by atoms with Crippen LogP contribution in [0, 0.1) is 11.8 Å². The molecule has 1 rings (SSSR count). The highest BCUT2D eigenvalue weighted by Gasteiger charge is 2.30. The zero-order chi connectivity index (χ0) is 23.1. The van der Waals surface area contributed by atoms with Crippen LogP contribution in [0.2, 0.25) is 0 Å². The molecular formula is C24H40N2O4. The number of esters is 1. The fourth-order valence-electron chi connectivity index (χ4n) is 3.60. The Balaban J connectivity index is 2.88. The van der Waals surface area contributed by atoms with Gasteiger partial charge >= 0.3 is 12.1 Å². The molecule has 0 spiro atoms. The standard InChI is InChI=1S/C24H40N2O4/c1-10-20(17(4)15-26(8)9)18-12-11-13-19(14-18)29-23(28)25-21(16(2)3)22(27)30-24(5,6)7/h11-14,16-17,20-21H,10,15H2,1-9H3,(H,25,28)/t17?,20?,21-/m0/s1. The Morgan fingerprint density at radius 2 is 1.77 bits per heavy atom. The third-order valence-corrected chi connectivity index (χ3v) is 4.88. The molecule has 0 aliphatic carbocycles. The maximum atomic E-state index is 12.5. The van der Waals surface area contributed by atoms with E-state index < -0.39 is 23.7 Å². The predicted molar refractivity (Wildman–Crippen MR) is 121 cm³/mol. The molecule has 2 unspecified atom stereocenters. The fourth-order valence-corrected chi connectivity index (χ4v) is 3.60. The van der Waals surface area contributed by atoms with Crippen LogP contribution in [0.3, 0.4) is 0 Å². The van der Waals surface area contributed by atoms with Crippen molar-refractivity contribution in [1.82, 2.24) is 10.2 Å². The Morgan fingerprint density at radius 1 is 1.13 bits per heavy atom. The quantitative estimate of drug-likeness (QED) is 0.580. The molecule has 3 atom stereocenters. The Labute approximate surface area is 182 Å². The van der Waals surface area contributed by atoms with Crippen LogP contribution in [0.15, 0.2) is 24.3 Å². The van der Waals surface area contributed by atoms with Gasteiger partial charge < -0.3 is 19.7 Å². The number of carbonyl (C=O) groups excluding carboxylic acids is 2. The summed E-state index contributed by atoms with van der Waals surface area (Å²) in [7, 11) is 4.14. The largest absolute Gasteiger partial charge is 0.458 e. The number of carbonyl (C=O) groups is 2. The molecule has 30 heavy (non-hydrogen) atoms. The Hall–Kier alpha value is -2.08. The van der Waals surface area contributed by atoms with E-state index >= 15 is 0 Å². The van der Waals surface area contributed by atoms with E-state index in [-0.39, 0.29) is 5.92 Å². The number of rotatable bonds is 9. The maximum absolute atomic E-state index is 12.5. The van der Waals surface area contributed by atoms with Crippen LogP contribution < -0.4 is 10.1 Å². The van der Waals surface area contributed by atoms with E-state index in [1.165, 1.54) is 0 Å². The summed E-state index contributed by atoms with van der Waals surface area (Å²) >= 11 is 0. The van der Waals surface area contributed by atoms with Crippen molar-refractivity contribution in [3.8, 4) is 5.75 Å². The fraction of sp³-hybridized carbons (Fsp3) is 0.667. The number of nitrogens with one attached hydrogen (secondary N) is 1. The minimum atomic E-state index is -0.775. The number of hydrogen-bond acceptors (Lipinski definition) is 5. The number of ether oxygens (including phenoxy) is 2. The van der Waals surface area contributed by atoms with Crippen molar-refractivity contribution in [3.05, 3.63) is 29.8 Å². The first-order valence-electron chi connectivity index (χ1n) is 10.8. The van der Waals surface area contributed by atoms with Gasteiger partial charge in [-0.2, -0.15) is 0 Å². The molecule has 6 nitrogen and oxygen atoms in total. The van der Waals surface area contributed by atoms with E-state index in [1.54, 1.807) is 26.8 Å². The second-order valence-electron chi connectivity index (χ2n) is 9.62. The third kappa shape index (κ3) is 8.74. The highest BCUT2D eigenvalue weighted by atomic mass is 16.6. The van der Waals surface area contributed by atoms with Crippen LogP contribution in [0.1, 0.15) is 66.4 Å². The molecule has 0 heterocycles. The van der Waals surface area contributed by atoms with Crippen molar-refractivity contribution in [2.75, 3.05) is 20.6 Å². The van der Waals surface area contributed by atoms with Crippen molar-refractivity contribution in [3.63, 3.8) is 0 Å². The first kappa shape index (κ1) is 26.0. The van der Waals surface area contributed by atoms with Crippen LogP contribution in [-0.4, -0.2) is 49.2 Å². The summed E-state index contributed by atoms with van der Waals surface area (Å²) < 4.78 is 10.9. The maximum Gasteiger partial charge on any atom is 0.413 e. The van der Waals surface area contributed by atoms with Crippen LogP contribution in [0.5, 0.6) is 5.75 Å². The van der Waals surface area contributed by atoms with Gasteiger partial charge in [-0.25, -0.2) is 9.59 Å². The SMILES string of the molecule is CCC(c1cccc(OC(=O)N[C@H](C(=O)OC(C)(C)C)C(C)C)c1)C(C)CN(C)C. The van der Waals surface area contributed by atoms with Crippen LogP contribution in [0.25, 0.3) is 0 Å². The minimum absolute atomic E-state index is 0.130. The summed E-state index contributed by atoms with van der Waals surface area (Å²) in [6.07, 6.45) is 0.338. The van der Waals surface area contributed by atoms with Gasteiger partial charge in [0.05, 0.1) is 0 Å². The average molecular weight is 421 g/mol. The molecule has 0 fully saturated rings. The smallest absolute Gasteiger partial charge is 0.413 e. The van der Waals surface area contributed by atoms with Gasteiger partial charge in [-0.05, 0) is 76.7 Å². The Kier molecular flexibility index (Phi) is 9.82. The molecule has 0 aromatic heterocycles. The zero-order valence-electron chi connectivity index (χ0n) is 20.1. The molecule has 6 heteroatoms. The molecular weight excluding hydrogens is 380 g/mol. The lowest BCUT2D eigenvalue weighted by Gasteiger charge is -2.27. The van der Waals surface area contributed by atoms with Gasteiger partial charge in [0.25, 0.3) is 0 Å². The summed E-state index contributed by atoms with van der Waals surface area (Å²) in [4.78, 5) is 27.1. The number of benzene rings is 1. The molecule has 0 saturated carbocycles. The van der Waals surface area contributed by atoms with Gasteiger partial charge in [0.2, 0.25) is 0 Å².